The summed E-state index contributed by atoms with van der Waals surface area (Å²) in [5, 5.41) is 0. The zero-order valence-electron chi connectivity index (χ0n) is 16.2. The van der Waals surface area contributed by atoms with Gasteiger partial charge in [-0.3, -0.25) is 4.79 Å². The predicted molar refractivity (Wildman–Crippen MR) is 104 cm³/mol. The molecule has 0 radical (unpaired) electrons. The average Bonchev–Trinajstić information content (AvgIpc) is 3.39. The number of aromatic nitrogens is 4. The van der Waals surface area contributed by atoms with Gasteiger partial charge in [0.15, 0.2) is 0 Å². The van der Waals surface area contributed by atoms with E-state index in [9.17, 15) is 4.79 Å². The van der Waals surface area contributed by atoms with Crippen molar-refractivity contribution in [3.8, 4) is 0 Å². The molecule has 144 valence electrons. The van der Waals surface area contributed by atoms with Gasteiger partial charge >= 0.3 is 0 Å². The molecule has 4 heterocycles. The summed E-state index contributed by atoms with van der Waals surface area (Å²) in [6, 6.07) is 1.95. The number of carbonyl (C=O) groups is 1. The fourth-order valence-corrected chi connectivity index (χ4v) is 4.28. The molecule has 2 aromatic rings. The van der Waals surface area contributed by atoms with Crippen LogP contribution in [0.5, 0.6) is 0 Å². The number of carbonyl (C=O) groups excluding carboxylic acids is 1. The molecule has 2 saturated heterocycles. The Kier molecular flexibility index (Phi) is 5.09. The standard InChI is InChI=1S/C20H28N6O/c1-15(26-12-7-21-16(26)2)20(27)25-10-5-17(6-11-25)18-13-19(23-14-22-18)24-8-3-4-9-24/h7,12-15,17H,3-6,8-11H2,1-2H3/t15-/m0/s1. The topological polar surface area (TPSA) is 67.2 Å². The summed E-state index contributed by atoms with van der Waals surface area (Å²) in [5.74, 6) is 2.51. The van der Waals surface area contributed by atoms with Crippen molar-refractivity contribution in [1.82, 2.24) is 24.4 Å². The summed E-state index contributed by atoms with van der Waals surface area (Å²) in [6.45, 7) is 7.64. The second-order valence-corrected chi connectivity index (χ2v) is 7.65. The van der Waals surface area contributed by atoms with E-state index in [1.807, 2.05) is 29.5 Å². The first-order chi connectivity index (χ1) is 13.1. The average molecular weight is 368 g/mol. The molecule has 0 unspecified atom stereocenters. The maximum Gasteiger partial charge on any atom is 0.245 e. The van der Waals surface area contributed by atoms with Crippen molar-refractivity contribution in [2.45, 2.75) is 51.5 Å². The molecule has 0 saturated carbocycles. The van der Waals surface area contributed by atoms with Crippen molar-refractivity contribution in [2.75, 3.05) is 31.1 Å². The number of anilines is 1. The largest absolute Gasteiger partial charge is 0.357 e. The molecule has 2 fully saturated rings. The molecule has 1 amide bonds. The quantitative estimate of drug-likeness (QED) is 0.830. The van der Waals surface area contributed by atoms with Crippen LogP contribution in [0.25, 0.3) is 0 Å². The molecule has 2 aliphatic rings. The van der Waals surface area contributed by atoms with Crippen LogP contribution in [-0.4, -0.2) is 56.5 Å². The molecule has 4 rings (SSSR count). The number of amides is 1. The van der Waals surface area contributed by atoms with Crippen LogP contribution in [0.2, 0.25) is 0 Å². The normalized spacial score (nSPS) is 19.5. The molecular formula is C20H28N6O. The molecule has 7 heteroatoms. The lowest BCUT2D eigenvalue weighted by atomic mass is 9.93. The van der Waals surface area contributed by atoms with Gasteiger partial charge < -0.3 is 14.4 Å². The van der Waals surface area contributed by atoms with Gasteiger partial charge in [0.1, 0.15) is 24.0 Å². The Morgan fingerprint density at radius 2 is 1.85 bits per heavy atom. The molecule has 2 aromatic heterocycles. The smallest absolute Gasteiger partial charge is 0.245 e. The number of aryl methyl sites for hydroxylation is 1. The van der Waals surface area contributed by atoms with Crippen molar-refractivity contribution >= 4 is 11.7 Å². The summed E-state index contributed by atoms with van der Waals surface area (Å²) in [4.78, 5) is 30.4. The zero-order valence-corrected chi connectivity index (χ0v) is 16.2. The number of hydrogen-bond acceptors (Lipinski definition) is 5. The minimum Gasteiger partial charge on any atom is -0.357 e. The van der Waals surface area contributed by atoms with Crippen LogP contribution in [-0.2, 0) is 4.79 Å². The second-order valence-electron chi connectivity index (χ2n) is 7.65. The first-order valence-electron chi connectivity index (χ1n) is 9.98. The van der Waals surface area contributed by atoms with Crippen molar-refractivity contribution in [3.05, 3.63) is 36.3 Å². The summed E-state index contributed by atoms with van der Waals surface area (Å²) in [7, 11) is 0. The van der Waals surface area contributed by atoms with Crippen LogP contribution in [0, 0.1) is 6.92 Å². The van der Waals surface area contributed by atoms with Gasteiger partial charge in [0.05, 0.1) is 0 Å². The minimum atomic E-state index is -0.204. The van der Waals surface area contributed by atoms with E-state index in [4.69, 9.17) is 0 Å². The molecule has 1 atom stereocenters. The van der Waals surface area contributed by atoms with Crippen molar-refractivity contribution in [1.29, 1.82) is 0 Å². The van der Waals surface area contributed by atoms with Crippen molar-refractivity contribution in [3.63, 3.8) is 0 Å². The van der Waals surface area contributed by atoms with E-state index < -0.39 is 0 Å². The number of rotatable bonds is 4. The van der Waals surface area contributed by atoms with E-state index in [0.717, 1.165) is 56.4 Å². The minimum absolute atomic E-state index is 0.176. The molecule has 0 spiro atoms. The van der Waals surface area contributed by atoms with Gasteiger partial charge in [-0.25, -0.2) is 15.0 Å². The molecule has 0 aromatic carbocycles. The highest BCUT2D eigenvalue weighted by atomic mass is 16.2. The van der Waals surface area contributed by atoms with Gasteiger partial charge in [0.25, 0.3) is 0 Å². The lowest BCUT2D eigenvalue weighted by Gasteiger charge is -2.34. The Bertz CT molecular complexity index is 789. The predicted octanol–water partition coefficient (Wildman–Crippen LogP) is 2.55. The third kappa shape index (κ3) is 3.68. The number of likely N-dealkylation sites (tertiary alicyclic amines) is 1. The molecule has 7 nitrogen and oxygen atoms in total. The van der Waals surface area contributed by atoms with Crippen LogP contribution >= 0.6 is 0 Å². The van der Waals surface area contributed by atoms with E-state index >= 15 is 0 Å². The van der Waals surface area contributed by atoms with Crippen LogP contribution in [0.15, 0.2) is 24.8 Å². The molecule has 0 aliphatic carbocycles. The van der Waals surface area contributed by atoms with E-state index in [2.05, 4.69) is 25.9 Å². The Morgan fingerprint density at radius 1 is 1.11 bits per heavy atom. The van der Waals surface area contributed by atoms with E-state index in [1.165, 1.54) is 12.8 Å². The number of nitrogens with zero attached hydrogens (tertiary/aromatic N) is 6. The summed E-state index contributed by atoms with van der Waals surface area (Å²) >= 11 is 0. The molecule has 2 aliphatic heterocycles. The maximum absolute atomic E-state index is 12.9. The first-order valence-corrected chi connectivity index (χ1v) is 9.98. The van der Waals surface area contributed by atoms with E-state index in [-0.39, 0.29) is 11.9 Å². The van der Waals surface area contributed by atoms with Crippen LogP contribution in [0.1, 0.15) is 56.1 Å². The summed E-state index contributed by atoms with van der Waals surface area (Å²) < 4.78 is 1.95. The van der Waals surface area contributed by atoms with Crippen LogP contribution in [0.3, 0.4) is 0 Å². The lowest BCUT2D eigenvalue weighted by molar-refractivity contribution is -0.135. The van der Waals surface area contributed by atoms with Gasteiger partial charge in [-0.15, -0.1) is 0 Å². The van der Waals surface area contributed by atoms with Gasteiger partial charge in [0, 0.05) is 56.3 Å². The Hall–Kier alpha value is -2.44. The Balaban J connectivity index is 1.38. The number of hydrogen-bond donors (Lipinski definition) is 0. The van der Waals surface area contributed by atoms with Gasteiger partial charge in [-0.2, -0.15) is 0 Å². The van der Waals surface area contributed by atoms with Crippen LogP contribution < -0.4 is 4.90 Å². The lowest BCUT2D eigenvalue weighted by Crippen LogP contribution is -2.41. The van der Waals surface area contributed by atoms with Crippen molar-refractivity contribution < 1.29 is 4.79 Å². The Morgan fingerprint density at radius 3 is 2.52 bits per heavy atom. The molecule has 0 bridgehead atoms. The highest BCUT2D eigenvalue weighted by Gasteiger charge is 2.28. The SMILES string of the molecule is Cc1nccn1[C@@H](C)C(=O)N1CCC(c2cc(N3CCCC3)ncn2)CC1. The monoisotopic (exact) mass is 368 g/mol. The van der Waals surface area contributed by atoms with Gasteiger partial charge in [-0.05, 0) is 39.5 Å². The third-order valence-electron chi connectivity index (χ3n) is 5.97. The van der Waals surface area contributed by atoms with E-state index in [0.29, 0.717) is 5.92 Å². The first kappa shape index (κ1) is 17.9. The summed E-state index contributed by atoms with van der Waals surface area (Å²) in [5.41, 5.74) is 1.12. The highest BCUT2D eigenvalue weighted by Crippen LogP contribution is 2.30. The van der Waals surface area contributed by atoms with Gasteiger partial charge in [0.2, 0.25) is 5.91 Å². The third-order valence-corrected chi connectivity index (χ3v) is 5.97. The number of piperidine rings is 1. The van der Waals surface area contributed by atoms with Gasteiger partial charge in [-0.1, -0.05) is 0 Å². The highest BCUT2D eigenvalue weighted by molar-refractivity contribution is 5.80. The molecule has 27 heavy (non-hydrogen) atoms. The zero-order chi connectivity index (χ0) is 18.8. The fraction of sp³-hybridized carbons (Fsp3) is 0.600. The van der Waals surface area contributed by atoms with Crippen LogP contribution in [0.4, 0.5) is 5.82 Å². The Labute approximate surface area is 160 Å². The maximum atomic E-state index is 12.9. The molecule has 0 N–H and O–H groups in total. The van der Waals surface area contributed by atoms with E-state index in [1.54, 1.807) is 12.5 Å². The number of imidazole rings is 1. The van der Waals surface area contributed by atoms with Crippen molar-refractivity contribution in [2.24, 2.45) is 0 Å². The summed E-state index contributed by atoms with van der Waals surface area (Å²) in [6.07, 6.45) is 9.73. The molecular weight excluding hydrogens is 340 g/mol. The second kappa shape index (κ2) is 7.66. The fourth-order valence-electron chi connectivity index (χ4n) is 4.28.